The van der Waals surface area contributed by atoms with Gasteiger partial charge in [-0.1, -0.05) is 37.3 Å². The van der Waals surface area contributed by atoms with Crippen LogP contribution in [-0.4, -0.2) is 11.1 Å². The summed E-state index contributed by atoms with van der Waals surface area (Å²) in [4.78, 5) is 0. The molecule has 1 aliphatic carbocycles. The molecular weight excluding hydrogens is 220 g/mol. The molecule has 0 amide bonds. The Morgan fingerprint density at radius 3 is 2.39 bits per heavy atom. The summed E-state index contributed by atoms with van der Waals surface area (Å²) in [7, 11) is 0. The normalized spacial score (nSPS) is 30.8. The van der Waals surface area contributed by atoms with Gasteiger partial charge in [-0.15, -0.1) is 0 Å². The van der Waals surface area contributed by atoms with E-state index in [0.29, 0.717) is 0 Å². The minimum absolute atomic E-state index is 0.0236. The van der Waals surface area contributed by atoms with Gasteiger partial charge in [-0.25, -0.2) is 0 Å². The predicted octanol–water partition coefficient (Wildman–Crippen LogP) is 3.29. The summed E-state index contributed by atoms with van der Waals surface area (Å²) in [5.74, 6) is 0. The molecule has 2 heteroatoms. The zero-order valence-electron chi connectivity index (χ0n) is 11.7. The first-order valence-electron chi connectivity index (χ1n) is 6.55. The Hall–Kier alpha value is -1.33. The van der Waals surface area contributed by atoms with Crippen LogP contribution < -0.4 is 5.32 Å². The molecule has 96 valence electrons. The van der Waals surface area contributed by atoms with Gasteiger partial charge in [0.15, 0.2) is 0 Å². The van der Waals surface area contributed by atoms with Crippen molar-refractivity contribution in [1.29, 1.82) is 5.26 Å². The summed E-state index contributed by atoms with van der Waals surface area (Å²) in [5, 5.41) is 13.0. The van der Waals surface area contributed by atoms with Gasteiger partial charge in [0.1, 0.15) is 5.54 Å². The molecule has 0 spiro atoms. The Morgan fingerprint density at radius 2 is 1.89 bits per heavy atom. The molecule has 0 aliphatic heterocycles. The van der Waals surface area contributed by atoms with Crippen LogP contribution in [0.25, 0.3) is 0 Å². The molecule has 1 saturated carbocycles. The van der Waals surface area contributed by atoms with Crippen LogP contribution in [0, 0.1) is 16.7 Å². The van der Waals surface area contributed by atoms with Gasteiger partial charge in [0.25, 0.3) is 0 Å². The molecule has 0 radical (unpaired) electrons. The summed E-state index contributed by atoms with van der Waals surface area (Å²) in [6.45, 7) is 8.57. The Bertz CT molecular complexity index is 466. The van der Waals surface area contributed by atoms with Crippen molar-refractivity contribution in [1.82, 2.24) is 5.32 Å². The summed E-state index contributed by atoms with van der Waals surface area (Å²) < 4.78 is 0. The fourth-order valence-corrected chi connectivity index (χ4v) is 2.84. The Labute approximate surface area is 110 Å². The smallest absolute Gasteiger partial charge is 0.113 e. The van der Waals surface area contributed by atoms with E-state index in [2.05, 4.69) is 63.3 Å². The molecule has 1 fully saturated rings. The van der Waals surface area contributed by atoms with E-state index in [9.17, 15) is 5.26 Å². The molecule has 2 nitrogen and oxygen atoms in total. The molecule has 2 rings (SSSR count). The van der Waals surface area contributed by atoms with Crippen LogP contribution in [0.2, 0.25) is 0 Å². The molecule has 2 atom stereocenters. The van der Waals surface area contributed by atoms with E-state index in [1.165, 1.54) is 5.56 Å². The summed E-state index contributed by atoms with van der Waals surface area (Å²) >= 11 is 0. The average molecular weight is 242 g/mol. The van der Waals surface area contributed by atoms with Crippen molar-refractivity contribution >= 4 is 0 Å². The van der Waals surface area contributed by atoms with Crippen molar-refractivity contribution in [2.75, 3.05) is 0 Å². The molecule has 1 aliphatic rings. The first kappa shape index (κ1) is 13.1. The van der Waals surface area contributed by atoms with Gasteiger partial charge < -0.3 is 0 Å². The van der Waals surface area contributed by atoms with Gasteiger partial charge >= 0.3 is 0 Å². The average Bonchev–Trinajstić information content (AvgIpc) is 2.82. The lowest BCUT2D eigenvalue weighted by Crippen LogP contribution is -2.47. The first-order valence-corrected chi connectivity index (χ1v) is 6.55. The number of nitrogens with zero attached hydrogens (tertiary/aromatic N) is 1. The van der Waals surface area contributed by atoms with Crippen molar-refractivity contribution in [3.8, 4) is 6.07 Å². The number of rotatable bonds is 3. The Kier molecular flexibility index (Phi) is 2.99. The lowest BCUT2D eigenvalue weighted by molar-refractivity contribution is 0.334. The zero-order valence-corrected chi connectivity index (χ0v) is 11.7. The van der Waals surface area contributed by atoms with Crippen LogP contribution in [0.3, 0.4) is 0 Å². The maximum absolute atomic E-state index is 9.52. The van der Waals surface area contributed by atoms with Gasteiger partial charge in [0.05, 0.1) is 6.07 Å². The fourth-order valence-electron chi connectivity index (χ4n) is 2.84. The summed E-state index contributed by atoms with van der Waals surface area (Å²) in [6, 6.07) is 12.9. The highest BCUT2D eigenvalue weighted by molar-refractivity contribution is 5.35. The number of nitriles is 1. The van der Waals surface area contributed by atoms with E-state index in [1.807, 2.05) is 6.07 Å². The maximum atomic E-state index is 9.52. The molecule has 18 heavy (non-hydrogen) atoms. The predicted molar refractivity (Wildman–Crippen MR) is 74.1 cm³/mol. The third-order valence-corrected chi connectivity index (χ3v) is 3.78. The molecule has 1 N–H and O–H groups in total. The third-order valence-electron chi connectivity index (χ3n) is 3.78. The third kappa shape index (κ3) is 2.42. The van der Waals surface area contributed by atoms with Crippen LogP contribution in [-0.2, 0) is 6.42 Å². The van der Waals surface area contributed by atoms with Crippen LogP contribution in [0.15, 0.2) is 30.3 Å². The second kappa shape index (κ2) is 4.10. The van der Waals surface area contributed by atoms with Gasteiger partial charge in [0.2, 0.25) is 0 Å². The second-order valence-electron chi connectivity index (χ2n) is 6.79. The van der Waals surface area contributed by atoms with Crippen molar-refractivity contribution in [3.63, 3.8) is 0 Å². The molecule has 1 aromatic carbocycles. The maximum Gasteiger partial charge on any atom is 0.113 e. The highest BCUT2D eigenvalue weighted by Crippen LogP contribution is 2.58. The Balaban J connectivity index is 2.13. The summed E-state index contributed by atoms with van der Waals surface area (Å²) in [5.41, 5.74) is 0.981. The lowest BCUT2D eigenvalue weighted by Gasteiger charge is -2.28. The van der Waals surface area contributed by atoms with Crippen molar-refractivity contribution in [2.24, 2.45) is 5.41 Å². The van der Waals surface area contributed by atoms with E-state index in [0.717, 1.165) is 12.8 Å². The van der Waals surface area contributed by atoms with Crippen molar-refractivity contribution < 1.29 is 0 Å². The lowest BCUT2D eigenvalue weighted by atomic mass is 9.92. The van der Waals surface area contributed by atoms with Gasteiger partial charge in [-0.2, -0.15) is 5.26 Å². The monoisotopic (exact) mass is 242 g/mol. The number of hydrogen-bond donors (Lipinski definition) is 1. The Morgan fingerprint density at radius 1 is 1.28 bits per heavy atom. The molecule has 0 aromatic heterocycles. The second-order valence-corrected chi connectivity index (χ2v) is 6.79. The molecule has 0 heterocycles. The highest BCUT2D eigenvalue weighted by atomic mass is 15.1. The van der Waals surface area contributed by atoms with Gasteiger partial charge in [-0.05, 0) is 39.2 Å². The molecular formula is C16H22N2. The SMILES string of the molecule is CC(C)(C)N[C@@]1(C#N)C[C@@]1(C)Cc1ccccc1. The summed E-state index contributed by atoms with van der Waals surface area (Å²) in [6.07, 6.45) is 1.90. The minimum Gasteiger partial charge on any atom is -0.294 e. The topological polar surface area (TPSA) is 35.8 Å². The van der Waals surface area contributed by atoms with Crippen molar-refractivity contribution in [3.05, 3.63) is 35.9 Å². The van der Waals surface area contributed by atoms with E-state index < -0.39 is 0 Å². The largest absolute Gasteiger partial charge is 0.294 e. The van der Waals surface area contributed by atoms with E-state index in [4.69, 9.17) is 0 Å². The van der Waals surface area contributed by atoms with Crippen LogP contribution >= 0.6 is 0 Å². The number of benzene rings is 1. The van der Waals surface area contributed by atoms with Crippen LogP contribution in [0.4, 0.5) is 0 Å². The minimum atomic E-state index is -0.360. The molecule has 1 aromatic rings. The number of hydrogen-bond acceptors (Lipinski definition) is 2. The molecule has 0 unspecified atom stereocenters. The van der Waals surface area contributed by atoms with Crippen molar-refractivity contribution in [2.45, 2.75) is 51.6 Å². The molecule has 0 saturated heterocycles. The molecule has 0 bridgehead atoms. The number of nitrogens with one attached hydrogen (secondary N) is 1. The zero-order chi connectivity index (χ0) is 13.4. The standard InChI is InChI=1S/C16H22N2/c1-14(2,3)18-16(12-17)11-15(16,4)10-13-8-6-5-7-9-13/h5-9,18H,10-11H2,1-4H3/t15-,16-/m1/s1. The highest BCUT2D eigenvalue weighted by Gasteiger charge is 2.65. The van der Waals surface area contributed by atoms with Crippen LogP contribution in [0.1, 0.15) is 39.7 Å². The van der Waals surface area contributed by atoms with Gasteiger partial charge in [0, 0.05) is 11.0 Å². The quantitative estimate of drug-likeness (QED) is 0.883. The van der Waals surface area contributed by atoms with E-state index in [1.54, 1.807) is 0 Å². The fraction of sp³-hybridized carbons (Fsp3) is 0.562. The van der Waals surface area contributed by atoms with E-state index in [-0.39, 0.29) is 16.5 Å². The first-order chi connectivity index (χ1) is 8.30. The van der Waals surface area contributed by atoms with Crippen LogP contribution in [0.5, 0.6) is 0 Å². The van der Waals surface area contributed by atoms with Gasteiger partial charge in [-0.3, -0.25) is 5.32 Å². The van der Waals surface area contributed by atoms with E-state index >= 15 is 0 Å².